The van der Waals surface area contributed by atoms with Crippen LogP contribution in [-0.4, -0.2) is 11.2 Å². The molecule has 0 aliphatic rings. The van der Waals surface area contributed by atoms with Crippen molar-refractivity contribution in [2.45, 2.75) is 0 Å². The van der Waals surface area contributed by atoms with Gasteiger partial charge in [0.2, 0.25) is 6.08 Å². The van der Waals surface area contributed by atoms with Crippen LogP contribution in [0.25, 0.3) is 0 Å². The van der Waals surface area contributed by atoms with Gasteiger partial charge in [-0.1, -0.05) is 0 Å². The molecule has 12 heavy (non-hydrogen) atoms. The molecule has 1 N–H and O–H groups in total. The summed E-state index contributed by atoms with van der Waals surface area (Å²) in [4.78, 5) is 12.4. The molecule has 62 valence electrons. The lowest BCUT2D eigenvalue weighted by Crippen LogP contribution is -1.82. The highest BCUT2D eigenvalue weighted by Gasteiger charge is 2.11. The predicted octanol–water partition coefficient (Wildman–Crippen LogP) is 1.64. The highest BCUT2D eigenvalue weighted by atomic mass is 19.1. The van der Waals surface area contributed by atoms with Gasteiger partial charge in [-0.05, 0) is 12.1 Å². The second-order valence-electron chi connectivity index (χ2n) is 1.93. The molecule has 0 radical (unpaired) electrons. The van der Waals surface area contributed by atoms with Crippen molar-refractivity contribution in [3.63, 3.8) is 0 Å². The van der Waals surface area contributed by atoms with Crippen molar-refractivity contribution in [1.29, 1.82) is 0 Å². The van der Waals surface area contributed by atoms with Crippen molar-refractivity contribution < 1.29 is 18.7 Å². The standard InChI is InChI=1S/C7H3F2NO2/c8-4-1-2-5(12)6(9)7(4)10-3-11/h1-2,12H. The maximum Gasteiger partial charge on any atom is 0.240 e. The molecular weight excluding hydrogens is 168 g/mol. The van der Waals surface area contributed by atoms with Crippen LogP contribution < -0.4 is 0 Å². The number of hydrogen-bond acceptors (Lipinski definition) is 3. The maximum atomic E-state index is 12.7. The molecule has 0 saturated heterocycles. The van der Waals surface area contributed by atoms with Crippen LogP contribution >= 0.6 is 0 Å². The molecule has 0 bridgehead atoms. The van der Waals surface area contributed by atoms with Crippen molar-refractivity contribution in [1.82, 2.24) is 0 Å². The van der Waals surface area contributed by atoms with Crippen molar-refractivity contribution >= 4 is 11.8 Å². The summed E-state index contributed by atoms with van der Waals surface area (Å²) in [5, 5.41) is 8.72. The summed E-state index contributed by atoms with van der Waals surface area (Å²) >= 11 is 0. The summed E-state index contributed by atoms with van der Waals surface area (Å²) in [6.07, 6.45) is 0.977. The summed E-state index contributed by atoms with van der Waals surface area (Å²) in [6.45, 7) is 0. The molecule has 0 fully saturated rings. The van der Waals surface area contributed by atoms with Gasteiger partial charge in [0.1, 0.15) is 0 Å². The van der Waals surface area contributed by atoms with Crippen LogP contribution in [0, 0.1) is 11.6 Å². The van der Waals surface area contributed by atoms with E-state index in [9.17, 15) is 13.6 Å². The SMILES string of the molecule is O=C=Nc1c(F)ccc(O)c1F. The average molecular weight is 171 g/mol. The zero-order valence-electron chi connectivity index (χ0n) is 5.71. The van der Waals surface area contributed by atoms with E-state index >= 15 is 0 Å². The lowest BCUT2D eigenvalue weighted by atomic mass is 10.3. The highest BCUT2D eigenvalue weighted by Crippen LogP contribution is 2.28. The topological polar surface area (TPSA) is 49.7 Å². The van der Waals surface area contributed by atoms with Gasteiger partial charge in [0.15, 0.2) is 23.1 Å². The van der Waals surface area contributed by atoms with Gasteiger partial charge >= 0.3 is 0 Å². The molecule has 0 aromatic heterocycles. The Labute approximate surface area is 66.0 Å². The monoisotopic (exact) mass is 171 g/mol. The number of aromatic hydroxyl groups is 1. The number of rotatable bonds is 1. The van der Waals surface area contributed by atoms with Crippen molar-refractivity contribution in [2.75, 3.05) is 0 Å². The van der Waals surface area contributed by atoms with E-state index in [2.05, 4.69) is 4.99 Å². The first-order chi connectivity index (χ1) is 5.66. The largest absolute Gasteiger partial charge is 0.505 e. The van der Waals surface area contributed by atoms with Gasteiger partial charge in [-0.15, -0.1) is 0 Å². The van der Waals surface area contributed by atoms with Gasteiger partial charge in [-0.25, -0.2) is 13.6 Å². The zero-order chi connectivity index (χ0) is 9.14. The molecule has 0 amide bonds. The fourth-order valence-electron chi connectivity index (χ4n) is 0.678. The average Bonchev–Trinajstić information content (AvgIpc) is 2.06. The fraction of sp³-hybridized carbons (Fsp3) is 0. The predicted molar refractivity (Wildman–Crippen MR) is 35.8 cm³/mol. The number of hydrogen-bond donors (Lipinski definition) is 1. The molecule has 1 aromatic rings. The first kappa shape index (κ1) is 8.36. The van der Waals surface area contributed by atoms with Crippen molar-refractivity contribution in [3.05, 3.63) is 23.8 Å². The summed E-state index contributed by atoms with van der Waals surface area (Å²) in [5.41, 5.74) is -0.829. The van der Waals surface area contributed by atoms with Crippen LogP contribution in [0.15, 0.2) is 17.1 Å². The van der Waals surface area contributed by atoms with Crippen LogP contribution in [0.2, 0.25) is 0 Å². The van der Waals surface area contributed by atoms with Crippen LogP contribution in [-0.2, 0) is 4.79 Å². The van der Waals surface area contributed by atoms with Crippen LogP contribution in [0.1, 0.15) is 0 Å². The van der Waals surface area contributed by atoms with E-state index in [1.807, 2.05) is 0 Å². The number of isocyanates is 1. The van der Waals surface area contributed by atoms with Crippen molar-refractivity contribution in [2.24, 2.45) is 4.99 Å². The molecule has 0 unspecified atom stereocenters. The van der Waals surface area contributed by atoms with Crippen LogP contribution in [0.5, 0.6) is 5.75 Å². The Balaban J connectivity index is 3.42. The molecule has 0 atom stereocenters. The normalized spacial score (nSPS) is 9.17. The number of halogens is 2. The Hall–Kier alpha value is -1.74. The molecule has 5 heteroatoms. The van der Waals surface area contributed by atoms with E-state index in [0.717, 1.165) is 18.2 Å². The number of nitrogens with zero attached hydrogens (tertiary/aromatic N) is 1. The minimum absolute atomic E-state index is 0.759. The van der Waals surface area contributed by atoms with E-state index < -0.39 is 23.1 Å². The lowest BCUT2D eigenvalue weighted by Gasteiger charge is -1.97. The van der Waals surface area contributed by atoms with Gasteiger partial charge in [-0.3, -0.25) is 0 Å². The summed E-state index contributed by atoms with van der Waals surface area (Å²) in [6, 6.07) is 1.63. The Kier molecular flexibility index (Phi) is 2.16. The molecule has 1 rings (SSSR count). The molecule has 0 heterocycles. The van der Waals surface area contributed by atoms with Gasteiger partial charge in [-0.2, -0.15) is 4.99 Å². The minimum Gasteiger partial charge on any atom is -0.505 e. The van der Waals surface area contributed by atoms with E-state index in [1.54, 1.807) is 0 Å². The Bertz CT molecular complexity index is 359. The minimum atomic E-state index is -1.27. The van der Waals surface area contributed by atoms with E-state index in [1.165, 1.54) is 0 Å². The molecule has 0 aliphatic heterocycles. The van der Waals surface area contributed by atoms with Gasteiger partial charge in [0.05, 0.1) is 0 Å². The number of aliphatic imine (C=N–C) groups is 1. The van der Waals surface area contributed by atoms with Gasteiger partial charge in [0.25, 0.3) is 0 Å². The summed E-state index contributed by atoms with van der Waals surface area (Å²) in [7, 11) is 0. The number of phenols is 1. The van der Waals surface area contributed by atoms with Gasteiger partial charge in [0, 0.05) is 0 Å². The van der Waals surface area contributed by atoms with Gasteiger partial charge < -0.3 is 5.11 Å². The summed E-state index contributed by atoms with van der Waals surface area (Å²) < 4.78 is 25.3. The molecular formula is C7H3F2NO2. The number of carbonyl (C=O) groups excluding carboxylic acids is 1. The first-order valence-corrected chi connectivity index (χ1v) is 2.91. The Morgan fingerprint density at radius 1 is 1.42 bits per heavy atom. The van der Waals surface area contributed by atoms with E-state index in [4.69, 9.17) is 5.11 Å². The zero-order valence-corrected chi connectivity index (χ0v) is 5.71. The Morgan fingerprint density at radius 2 is 2.08 bits per heavy atom. The third-order valence-electron chi connectivity index (χ3n) is 1.20. The molecule has 1 aromatic carbocycles. The fourth-order valence-corrected chi connectivity index (χ4v) is 0.678. The van der Waals surface area contributed by atoms with E-state index in [0.29, 0.717) is 0 Å². The first-order valence-electron chi connectivity index (χ1n) is 2.91. The van der Waals surface area contributed by atoms with Crippen LogP contribution in [0.3, 0.4) is 0 Å². The smallest absolute Gasteiger partial charge is 0.240 e. The highest BCUT2D eigenvalue weighted by molar-refractivity contribution is 5.53. The summed E-state index contributed by atoms with van der Waals surface area (Å²) in [5.74, 6) is -3.04. The van der Waals surface area contributed by atoms with E-state index in [-0.39, 0.29) is 0 Å². The molecule has 0 aliphatic carbocycles. The third-order valence-corrected chi connectivity index (χ3v) is 1.20. The number of phenolic OH excluding ortho intramolecular Hbond substituents is 1. The third kappa shape index (κ3) is 1.31. The molecule has 3 nitrogen and oxygen atoms in total. The lowest BCUT2D eigenvalue weighted by molar-refractivity contribution is 0.429. The second-order valence-corrected chi connectivity index (χ2v) is 1.93. The molecule has 0 saturated carbocycles. The Morgan fingerprint density at radius 3 is 2.67 bits per heavy atom. The molecule has 0 spiro atoms. The second kappa shape index (κ2) is 3.11. The quantitative estimate of drug-likeness (QED) is 0.515. The maximum absolute atomic E-state index is 12.7. The number of benzene rings is 1. The van der Waals surface area contributed by atoms with Crippen molar-refractivity contribution in [3.8, 4) is 5.75 Å². The van der Waals surface area contributed by atoms with Crippen LogP contribution in [0.4, 0.5) is 14.5 Å².